The minimum absolute atomic E-state index is 0.0390. The summed E-state index contributed by atoms with van der Waals surface area (Å²) < 4.78 is 68.6. The lowest BCUT2D eigenvalue weighted by Gasteiger charge is -2.11. The number of nitrogens with zero attached hydrogens (tertiary/aromatic N) is 2. The highest BCUT2D eigenvalue weighted by Gasteiger charge is 2.27. The van der Waals surface area contributed by atoms with Gasteiger partial charge in [0, 0.05) is 18.9 Å². The first-order valence-corrected chi connectivity index (χ1v) is 9.64. The van der Waals surface area contributed by atoms with Crippen LogP contribution >= 0.6 is 0 Å². The summed E-state index contributed by atoms with van der Waals surface area (Å²) in [7, 11) is -4.64. The first kappa shape index (κ1) is 20.4. The molecule has 1 amide bonds. The molecule has 2 aromatic heterocycles. The van der Waals surface area contributed by atoms with Crippen LogP contribution < -0.4 is 5.32 Å². The van der Waals surface area contributed by atoms with E-state index in [0.29, 0.717) is 9.54 Å². The Bertz CT molecular complexity index is 1180. The van der Waals surface area contributed by atoms with Crippen LogP contribution in [0, 0.1) is 17.6 Å². The Morgan fingerprint density at radius 2 is 1.93 bits per heavy atom. The fourth-order valence-electron chi connectivity index (χ4n) is 2.71. The van der Waals surface area contributed by atoms with E-state index in [2.05, 4.69) is 10.3 Å². The van der Waals surface area contributed by atoms with E-state index < -0.39 is 38.6 Å². The van der Waals surface area contributed by atoms with Crippen molar-refractivity contribution < 1.29 is 31.5 Å². The standard InChI is InChI=1S/C18H14F3N3O4S/c19-13-4-1-5-15(16(13)20)29(27,28)24-10-11(6-8-23-18(25)26)9-14(24)12-3-2-7-22-17(12)21/h1-5,7,9-10,23H,6,8H2,(H,25,26). The summed E-state index contributed by atoms with van der Waals surface area (Å²) in [6.07, 6.45) is 1.09. The summed E-state index contributed by atoms with van der Waals surface area (Å²) in [6, 6.07) is 6.69. The third-order valence-corrected chi connectivity index (χ3v) is 5.71. The summed E-state index contributed by atoms with van der Waals surface area (Å²) in [6.45, 7) is -0.0390. The Kier molecular flexibility index (Phi) is 5.59. The van der Waals surface area contributed by atoms with Crippen LogP contribution in [0.25, 0.3) is 11.3 Å². The number of nitrogens with one attached hydrogen (secondary N) is 1. The van der Waals surface area contributed by atoms with E-state index in [1.54, 1.807) is 0 Å². The zero-order valence-corrected chi connectivity index (χ0v) is 15.5. The monoisotopic (exact) mass is 425 g/mol. The molecule has 0 saturated carbocycles. The van der Waals surface area contributed by atoms with Crippen LogP contribution in [0.5, 0.6) is 0 Å². The minimum Gasteiger partial charge on any atom is -0.465 e. The lowest BCUT2D eigenvalue weighted by atomic mass is 10.1. The number of hydrogen-bond acceptors (Lipinski definition) is 4. The molecule has 0 unspecified atom stereocenters. The third-order valence-electron chi connectivity index (χ3n) is 4.02. The lowest BCUT2D eigenvalue weighted by Crippen LogP contribution is -2.23. The van der Waals surface area contributed by atoms with Gasteiger partial charge in [-0.3, -0.25) is 0 Å². The molecule has 11 heteroatoms. The molecular weight excluding hydrogens is 411 g/mol. The van der Waals surface area contributed by atoms with Crippen molar-refractivity contribution in [2.75, 3.05) is 6.54 Å². The smallest absolute Gasteiger partial charge is 0.404 e. The van der Waals surface area contributed by atoms with E-state index in [9.17, 15) is 26.4 Å². The molecule has 0 aliphatic heterocycles. The van der Waals surface area contributed by atoms with Crippen LogP contribution in [-0.4, -0.2) is 35.1 Å². The molecule has 0 fully saturated rings. The number of halogens is 3. The van der Waals surface area contributed by atoms with Crippen LogP contribution in [-0.2, 0) is 16.4 Å². The molecule has 1 aromatic carbocycles. The summed E-state index contributed by atoms with van der Waals surface area (Å²) in [5.74, 6) is -3.87. The Balaban J connectivity index is 2.15. The van der Waals surface area contributed by atoms with Crippen LogP contribution in [0.15, 0.2) is 53.7 Å². The Labute approximate surface area is 163 Å². The van der Waals surface area contributed by atoms with E-state index >= 15 is 0 Å². The number of amides is 1. The molecule has 29 heavy (non-hydrogen) atoms. The minimum atomic E-state index is -4.64. The van der Waals surface area contributed by atoms with Crippen molar-refractivity contribution in [3.63, 3.8) is 0 Å². The summed E-state index contributed by atoms with van der Waals surface area (Å²) in [5.41, 5.74) is -0.00712. The molecule has 0 radical (unpaired) electrons. The van der Waals surface area contributed by atoms with Crippen molar-refractivity contribution in [3.05, 3.63) is 71.9 Å². The number of hydrogen-bond donors (Lipinski definition) is 2. The number of benzene rings is 1. The van der Waals surface area contributed by atoms with Crippen molar-refractivity contribution in [1.29, 1.82) is 0 Å². The molecule has 2 N–H and O–H groups in total. The fraction of sp³-hybridized carbons (Fsp3) is 0.111. The van der Waals surface area contributed by atoms with Crippen LogP contribution in [0.4, 0.5) is 18.0 Å². The molecule has 0 bridgehead atoms. The predicted molar refractivity (Wildman–Crippen MR) is 96.3 cm³/mol. The SMILES string of the molecule is O=C(O)NCCc1cc(-c2cccnc2F)n(S(=O)(=O)c2cccc(F)c2F)c1. The highest BCUT2D eigenvalue weighted by atomic mass is 32.2. The lowest BCUT2D eigenvalue weighted by molar-refractivity contribution is 0.194. The molecule has 0 saturated heterocycles. The Morgan fingerprint density at radius 3 is 2.62 bits per heavy atom. The van der Waals surface area contributed by atoms with Crippen molar-refractivity contribution in [2.24, 2.45) is 0 Å². The first-order valence-electron chi connectivity index (χ1n) is 8.20. The van der Waals surface area contributed by atoms with Crippen LogP contribution in [0.1, 0.15) is 5.56 Å². The van der Waals surface area contributed by atoms with Gasteiger partial charge in [0.1, 0.15) is 4.90 Å². The maximum absolute atomic E-state index is 14.2. The third kappa shape index (κ3) is 4.09. The highest BCUT2D eigenvalue weighted by Crippen LogP contribution is 2.29. The summed E-state index contributed by atoms with van der Waals surface area (Å²) in [4.78, 5) is 13.2. The largest absolute Gasteiger partial charge is 0.465 e. The second kappa shape index (κ2) is 7.95. The quantitative estimate of drug-likeness (QED) is 0.592. The zero-order chi connectivity index (χ0) is 21.2. The molecular formula is C18H14F3N3O4S. The molecule has 152 valence electrons. The van der Waals surface area contributed by atoms with Gasteiger partial charge >= 0.3 is 6.09 Å². The van der Waals surface area contributed by atoms with E-state index in [0.717, 1.165) is 24.4 Å². The van der Waals surface area contributed by atoms with Crippen molar-refractivity contribution in [2.45, 2.75) is 11.3 Å². The van der Waals surface area contributed by atoms with Crippen molar-refractivity contribution in [1.82, 2.24) is 14.3 Å². The molecule has 7 nitrogen and oxygen atoms in total. The van der Waals surface area contributed by atoms with Gasteiger partial charge in [-0.25, -0.2) is 30.9 Å². The van der Waals surface area contributed by atoms with Gasteiger partial charge < -0.3 is 10.4 Å². The summed E-state index contributed by atoms with van der Waals surface area (Å²) in [5, 5.41) is 10.8. The zero-order valence-electron chi connectivity index (χ0n) is 14.6. The number of aromatic nitrogens is 2. The molecule has 3 aromatic rings. The van der Waals surface area contributed by atoms with Crippen molar-refractivity contribution in [3.8, 4) is 11.3 Å². The van der Waals surface area contributed by atoms with Gasteiger partial charge in [-0.15, -0.1) is 0 Å². The Hall–Kier alpha value is -3.34. The number of carboxylic acid groups (broad SMARTS) is 1. The second-order valence-electron chi connectivity index (χ2n) is 5.91. The number of pyridine rings is 1. The number of carbonyl (C=O) groups is 1. The first-order chi connectivity index (χ1) is 13.7. The van der Waals surface area contributed by atoms with Gasteiger partial charge in [0.25, 0.3) is 10.0 Å². The van der Waals surface area contributed by atoms with Gasteiger partial charge in [-0.1, -0.05) is 6.07 Å². The van der Waals surface area contributed by atoms with E-state index in [-0.39, 0.29) is 24.2 Å². The van der Waals surface area contributed by atoms with Crippen molar-refractivity contribution >= 4 is 16.1 Å². The average Bonchev–Trinajstić information content (AvgIpc) is 3.08. The van der Waals surface area contributed by atoms with Crippen LogP contribution in [0.2, 0.25) is 0 Å². The molecule has 0 aliphatic rings. The fourth-order valence-corrected chi connectivity index (χ4v) is 4.18. The van der Waals surface area contributed by atoms with Gasteiger partial charge in [0.15, 0.2) is 11.6 Å². The Morgan fingerprint density at radius 1 is 1.17 bits per heavy atom. The maximum atomic E-state index is 14.2. The molecule has 0 atom stereocenters. The van der Waals surface area contributed by atoms with Crippen LogP contribution in [0.3, 0.4) is 0 Å². The topological polar surface area (TPSA) is 101 Å². The van der Waals surface area contributed by atoms with Gasteiger partial charge in [0.2, 0.25) is 5.95 Å². The van der Waals surface area contributed by atoms with E-state index in [4.69, 9.17) is 5.11 Å². The molecule has 0 aliphatic carbocycles. The summed E-state index contributed by atoms with van der Waals surface area (Å²) >= 11 is 0. The number of rotatable bonds is 6. The van der Waals surface area contributed by atoms with Gasteiger partial charge in [-0.05, 0) is 42.3 Å². The van der Waals surface area contributed by atoms with E-state index in [1.807, 2.05) is 0 Å². The molecule has 2 heterocycles. The normalized spacial score (nSPS) is 11.4. The van der Waals surface area contributed by atoms with Gasteiger partial charge in [0.05, 0.1) is 11.3 Å². The maximum Gasteiger partial charge on any atom is 0.404 e. The predicted octanol–water partition coefficient (Wildman–Crippen LogP) is 3.01. The highest BCUT2D eigenvalue weighted by molar-refractivity contribution is 7.90. The second-order valence-corrected chi connectivity index (χ2v) is 7.69. The molecule has 0 spiro atoms. The average molecular weight is 425 g/mol. The van der Waals surface area contributed by atoms with Gasteiger partial charge in [-0.2, -0.15) is 4.39 Å². The van der Waals surface area contributed by atoms with E-state index in [1.165, 1.54) is 24.4 Å². The molecule has 3 rings (SSSR count).